The van der Waals surface area contributed by atoms with Gasteiger partial charge in [-0.3, -0.25) is 0 Å². The van der Waals surface area contributed by atoms with Crippen molar-refractivity contribution in [3.05, 3.63) is 16.1 Å². The Kier molecular flexibility index (Phi) is 4.74. The first-order valence-electron chi connectivity index (χ1n) is 6.32. The van der Waals surface area contributed by atoms with Crippen molar-refractivity contribution < 1.29 is 4.74 Å². The molecule has 0 saturated carbocycles. The quantitative estimate of drug-likeness (QED) is 0.904. The van der Waals surface area contributed by atoms with Crippen LogP contribution in [0.15, 0.2) is 5.57 Å². The first kappa shape index (κ1) is 13.5. The molecular formula is C13H21N3OS. The Morgan fingerprint density at radius 2 is 2.22 bits per heavy atom. The second-order valence-corrected chi connectivity index (χ2v) is 5.58. The number of ether oxygens (including phenoxy) is 1. The maximum absolute atomic E-state index is 5.37. The molecule has 18 heavy (non-hydrogen) atoms. The summed E-state index contributed by atoms with van der Waals surface area (Å²) in [6.07, 6.45) is 2.23. The molecule has 1 fully saturated rings. The number of anilines is 1. The van der Waals surface area contributed by atoms with Crippen LogP contribution in [0.1, 0.15) is 17.5 Å². The van der Waals surface area contributed by atoms with Gasteiger partial charge in [0.25, 0.3) is 0 Å². The minimum absolute atomic E-state index is 0.808. The number of thiazole rings is 1. The molecule has 0 aromatic carbocycles. The van der Waals surface area contributed by atoms with Gasteiger partial charge in [0.05, 0.1) is 23.8 Å². The molecule has 1 aliphatic rings. The van der Waals surface area contributed by atoms with E-state index in [1.165, 1.54) is 10.5 Å². The van der Waals surface area contributed by atoms with Gasteiger partial charge in [0.15, 0.2) is 5.13 Å². The highest BCUT2D eigenvalue weighted by molar-refractivity contribution is 7.16. The third kappa shape index (κ3) is 3.31. The molecule has 100 valence electrons. The van der Waals surface area contributed by atoms with E-state index in [0.29, 0.717) is 0 Å². The minimum atomic E-state index is 0.808. The average Bonchev–Trinajstić information content (AvgIpc) is 2.72. The zero-order valence-corrected chi connectivity index (χ0v) is 12.1. The average molecular weight is 267 g/mol. The number of likely N-dealkylation sites (N-methyl/N-ethyl adjacent to an activating group) is 1. The molecular weight excluding hydrogens is 246 g/mol. The molecule has 0 unspecified atom stereocenters. The van der Waals surface area contributed by atoms with Crippen molar-refractivity contribution in [1.29, 1.82) is 0 Å². The van der Waals surface area contributed by atoms with Gasteiger partial charge in [-0.05, 0) is 27.0 Å². The number of hydrogen-bond donors (Lipinski definition) is 1. The minimum Gasteiger partial charge on any atom is -0.378 e. The van der Waals surface area contributed by atoms with Crippen LogP contribution >= 0.6 is 11.3 Å². The zero-order chi connectivity index (χ0) is 13.0. The Morgan fingerprint density at radius 1 is 1.50 bits per heavy atom. The van der Waals surface area contributed by atoms with Crippen molar-refractivity contribution in [2.24, 2.45) is 0 Å². The molecule has 2 heterocycles. The standard InChI is InChI=1S/C13H21N3OS/c1-10(9-14-3)8-12-11(2)15-13(18-12)16-4-6-17-7-5-16/h8,14H,4-7,9H2,1-3H3. The van der Waals surface area contributed by atoms with E-state index in [1.54, 1.807) is 11.3 Å². The van der Waals surface area contributed by atoms with Gasteiger partial charge in [-0.1, -0.05) is 16.9 Å². The second-order valence-electron chi connectivity index (χ2n) is 4.57. The molecule has 0 radical (unpaired) electrons. The normalized spacial score (nSPS) is 17.3. The molecule has 0 atom stereocenters. The lowest BCUT2D eigenvalue weighted by molar-refractivity contribution is 0.122. The monoisotopic (exact) mass is 267 g/mol. The fourth-order valence-corrected chi connectivity index (χ4v) is 3.12. The van der Waals surface area contributed by atoms with E-state index in [1.807, 2.05) is 7.05 Å². The molecule has 1 aromatic heterocycles. The number of nitrogens with zero attached hydrogens (tertiary/aromatic N) is 2. The predicted octanol–water partition coefficient (Wildman–Crippen LogP) is 1.91. The van der Waals surface area contributed by atoms with Gasteiger partial charge in [0, 0.05) is 19.6 Å². The Hall–Kier alpha value is -0.910. The Labute approximate surface area is 113 Å². The van der Waals surface area contributed by atoms with E-state index in [2.05, 4.69) is 35.1 Å². The van der Waals surface area contributed by atoms with Crippen LogP contribution in [0.2, 0.25) is 0 Å². The molecule has 0 bridgehead atoms. The molecule has 1 saturated heterocycles. The van der Waals surface area contributed by atoms with Gasteiger partial charge in [-0.2, -0.15) is 0 Å². The largest absolute Gasteiger partial charge is 0.378 e. The number of morpholine rings is 1. The molecule has 1 aliphatic heterocycles. The summed E-state index contributed by atoms with van der Waals surface area (Å²) in [6, 6.07) is 0. The van der Waals surface area contributed by atoms with Crippen molar-refractivity contribution in [3.8, 4) is 0 Å². The third-order valence-electron chi connectivity index (χ3n) is 2.94. The highest BCUT2D eigenvalue weighted by atomic mass is 32.1. The maximum atomic E-state index is 5.37. The summed E-state index contributed by atoms with van der Waals surface area (Å²) >= 11 is 1.78. The second kappa shape index (κ2) is 6.31. The number of rotatable bonds is 4. The molecule has 1 aromatic rings. The number of aryl methyl sites for hydroxylation is 1. The summed E-state index contributed by atoms with van der Waals surface area (Å²) in [5, 5.41) is 4.29. The van der Waals surface area contributed by atoms with Crippen LogP contribution in [0, 0.1) is 6.92 Å². The highest BCUT2D eigenvalue weighted by Gasteiger charge is 2.16. The SMILES string of the molecule is CNCC(C)=Cc1sc(N2CCOCC2)nc1C. The van der Waals surface area contributed by atoms with Crippen LogP contribution in [0.25, 0.3) is 6.08 Å². The molecule has 0 spiro atoms. The van der Waals surface area contributed by atoms with Gasteiger partial charge in [0.2, 0.25) is 0 Å². The molecule has 2 rings (SSSR count). The Balaban J connectivity index is 2.13. The van der Waals surface area contributed by atoms with Gasteiger partial charge in [0.1, 0.15) is 0 Å². The molecule has 0 amide bonds. The van der Waals surface area contributed by atoms with E-state index in [-0.39, 0.29) is 0 Å². The summed E-state index contributed by atoms with van der Waals surface area (Å²) in [6.45, 7) is 8.66. The topological polar surface area (TPSA) is 37.4 Å². The van der Waals surface area contributed by atoms with E-state index in [0.717, 1.165) is 43.7 Å². The first-order chi connectivity index (χ1) is 8.70. The predicted molar refractivity (Wildman–Crippen MR) is 77.5 cm³/mol. The van der Waals surface area contributed by atoms with Crippen molar-refractivity contribution >= 4 is 22.5 Å². The summed E-state index contributed by atoms with van der Waals surface area (Å²) in [4.78, 5) is 8.25. The van der Waals surface area contributed by atoms with Gasteiger partial charge in [-0.25, -0.2) is 4.98 Å². The molecule has 1 N–H and O–H groups in total. The summed E-state index contributed by atoms with van der Waals surface area (Å²) in [5.41, 5.74) is 2.45. The number of hydrogen-bond acceptors (Lipinski definition) is 5. The molecule has 4 nitrogen and oxygen atoms in total. The van der Waals surface area contributed by atoms with E-state index in [4.69, 9.17) is 4.74 Å². The lowest BCUT2D eigenvalue weighted by Crippen LogP contribution is -2.36. The van der Waals surface area contributed by atoms with Gasteiger partial charge < -0.3 is 15.0 Å². The summed E-state index contributed by atoms with van der Waals surface area (Å²) in [5.74, 6) is 0. The summed E-state index contributed by atoms with van der Waals surface area (Å²) < 4.78 is 5.37. The smallest absolute Gasteiger partial charge is 0.186 e. The van der Waals surface area contributed by atoms with Crippen LogP contribution < -0.4 is 10.2 Å². The third-order valence-corrected chi connectivity index (χ3v) is 4.10. The number of nitrogens with one attached hydrogen (secondary N) is 1. The van der Waals surface area contributed by atoms with Crippen LogP contribution in [-0.2, 0) is 4.74 Å². The number of aromatic nitrogens is 1. The lowest BCUT2D eigenvalue weighted by atomic mass is 10.2. The molecule has 5 heteroatoms. The highest BCUT2D eigenvalue weighted by Crippen LogP contribution is 2.28. The fraction of sp³-hybridized carbons (Fsp3) is 0.615. The van der Waals surface area contributed by atoms with Crippen LogP contribution in [0.5, 0.6) is 0 Å². The van der Waals surface area contributed by atoms with Crippen molar-refractivity contribution in [2.75, 3.05) is 44.8 Å². The van der Waals surface area contributed by atoms with Crippen LogP contribution in [0.4, 0.5) is 5.13 Å². The first-order valence-corrected chi connectivity index (χ1v) is 7.14. The fourth-order valence-electron chi connectivity index (χ4n) is 1.97. The van der Waals surface area contributed by atoms with Crippen LogP contribution in [0.3, 0.4) is 0 Å². The van der Waals surface area contributed by atoms with Gasteiger partial charge >= 0.3 is 0 Å². The van der Waals surface area contributed by atoms with Gasteiger partial charge in [-0.15, -0.1) is 0 Å². The molecule has 0 aliphatic carbocycles. The van der Waals surface area contributed by atoms with E-state index in [9.17, 15) is 0 Å². The van der Waals surface area contributed by atoms with E-state index >= 15 is 0 Å². The van der Waals surface area contributed by atoms with Crippen molar-refractivity contribution in [1.82, 2.24) is 10.3 Å². The summed E-state index contributed by atoms with van der Waals surface area (Å²) in [7, 11) is 1.97. The van der Waals surface area contributed by atoms with Crippen LogP contribution in [-0.4, -0.2) is 44.9 Å². The Bertz CT molecular complexity index is 422. The van der Waals surface area contributed by atoms with Crippen molar-refractivity contribution in [2.45, 2.75) is 13.8 Å². The van der Waals surface area contributed by atoms with E-state index < -0.39 is 0 Å². The Morgan fingerprint density at radius 3 is 2.89 bits per heavy atom. The van der Waals surface area contributed by atoms with Crippen molar-refractivity contribution in [3.63, 3.8) is 0 Å². The zero-order valence-electron chi connectivity index (χ0n) is 11.3. The lowest BCUT2D eigenvalue weighted by Gasteiger charge is -2.26. The maximum Gasteiger partial charge on any atom is 0.186 e.